The van der Waals surface area contributed by atoms with Crippen molar-refractivity contribution in [3.05, 3.63) is 17.7 Å². The zero-order valence-electron chi connectivity index (χ0n) is 2.79. The van der Waals surface area contributed by atoms with Crippen LogP contribution in [0.2, 0.25) is 0 Å². The Morgan fingerprint density at radius 1 is 2.00 bits per heavy atom. The second kappa shape index (κ2) is 0.965. The summed E-state index contributed by atoms with van der Waals surface area (Å²) >= 11 is 0. The van der Waals surface area contributed by atoms with Gasteiger partial charge in [0.1, 0.15) is 0 Å². The average Bonchev–Trinajstić information content (AvgIpc) is 1.86. The number of hydrogen-bond donors (Lipinski definition) is 0. The minimum atomic E-state index is 0.0694. The molecular weight excluding hydrogens is 84.0 g/mol. The van der Waals surface area contributed by atoms with E-state index in [1.807, 2.05) is 0 Å². The van der Waals surface area contributed by atoms with Crippen LogP contribution in [-0.4, -0.2) is 5.10 Å². The number of nitrogens with zero attached hydrogens (tertiary/aromatic N) is 2. The Hall–Kier alpha value is -1.06. The molecule has 0 saturated heterocycles. The van der Waals surface area contributed by atoms with Crippen molar-refractivity contribution in [1.29, 1.82) is 0 Å². The molecule has 0 spiro atoms. The molecule has 0 aliphatic carbocycles. The van der Waals surface area contributed by atoms with Crippen LogP contribution in [0.4, 0.5) is 0 Å². The molecular formula is C2HN2O2. The molecule has 0 bridgehead atoms. The Morgan fingerprint density at radius 3 is 3.00 bits per heavy atom. The minimum absolute atomic E-state index is 0.0694. The highest BCUT2D eigenvalue weighted by atomic mass is 16.7. The Balaban J connectivity index is 3.05. The van der Waals surface area contributed by atoms with Crippen molar-refractivity contribution in [2.45, 2.75) is 0 Å². The Morgan fingerprint density at radius 2 is 2.83 bits per heavy atom. The van der Waals surface area contributed by atoms with Crippen molar-refractivity contribution in [3.8, 4) is 0 Å². The van der Waals surface area contributed by atoms with Crippen LogP contribution in [0.5, 0.6) is 0 Å². The summed E-state index contributed by atoms with van der Waals surface area (Å²) in [5, 5.41) is 12.7. The van der Waals surface area contributed by atoms with E-state index in [0.717, 1.165) is 6.26 Å². The van der Waals surface area contributed by atoms with E-state index < -0.39 is 0 Å². The maximum Gasteiger partial charge on any atom is 0.182 e. The number of aromatic nitrogens is 2. The van der Waals surface area contributed by atoms with E-state index in [1.54, 1.807) is 0 Å². The molecule has 4 nitrogen and oxygen atoms in total. The summed E-state index contributed by atoms with van der Waals surface area (Å²) in [6.45, 7) is 0. The van der Waals surface area contributed by atoms with Crippen LogP contribution >= 0.6 is 0 Å². The third-order valence-corrected chi connectivity index (χ3v) is 0.335. The lowest BCUT2D eigenvalue weighted by Gasteiger charge is -1.65. The molecule has 4 heteroatoms. The van der Waals surface area contributed by atoms with Gasteiger partial charge in [0.2, 0.25) is 0 Å². The quantitative estimate of drug-likeness (QED) is 0.384. The molecule has 1 aromatic heterocycles. The van der Waals surface area contributed by atoms with Gasteiger partial charge < -0.3 is 4.52 Å². The summed E-state index contributed by atoms with van der Waals surface area (Å²) in [6, 6.07) is 0. The summed E-state index contributed by atoms with van der Waals surface area (Å²) in [6.07, 6.45) is 3.24. The van der Waals surface area contributed by atoms with Crippen molar-refractivity contribution in [3.63, 3.8) is 0 Å². The minimum Gasteiger partial charge on any atom is -0.350 e. The first kappa shape index (κ1) is 3.14. The standard InChI is InChI=1S/C2HN2O2/c5-4-3-1-2-6-4/h2H. The van der Waals surface area contributed by atoms with Gasteiger partial charge in [0, 0.05) is 0 Å². The first-order chi connectivity index (χ1) is 2.89. The second-order valence-corrected chi connectivity index (χ2v) is 0.690. The molecule has 1 rings (SSSR count). The molecule has 0 fully saturated rings. The van der Waals surface area contributed by atoms with Crippen LogP contribution in [-0.2, 0) is 0 Å². The van der Waals surface area contributed by atoms with Crippen LogP contribution in [0, 0.1) is 11.4 Å². The van der Waals surface area contributed by atoms with E-state index in [-0.39, 0.29) is 5.02 Å². The molecule has 0 atom stereocenters. The zero-order valence-corrected chi connectivity index (χ0v) is 2.79. The first-order valence-electron chi connectivity index (χ1n) is 1.31. The van der Waals surface area contributed by atoms with Crippen LogP contribution in [0.1, 0.15) is 0 Å². The molecule has 6 heavy (non-hydrogen) atoms. The van der Waals surface area contributed by atoms with Crippen LogP contribution in [0.15, 0.2) is 10.8 Å². The van der Waals surface area contributed by atoms with Gasteiger partial charge in [-0.1, -0.05) is 0 Å². The van der Waals surface area contributed by atoms with Gasteiger partial charge in [-0.2, -0.15) is 0 Å². The van der Waals surface area contributed by atoms with E-state index in [1.165, 1.54) is 0 Å². The largest absolute Gasteiger partial charge is 0.350 e. The van der Waals surface area contributed by atoms with E-state index >= 15 is 0 Å². The molecule has 1 heterocycles. The molecule has 0 aromatic carbocycles. The van der Waals surface area contributed by atoms with Crippen molar-refractivity contribution in [1.82, 2.24) is 5.10 Å². The van der Waals surface area contributed by atoms with Crippen LogP contribution in [0.25, 0.3) is 0 Å². The number of hydrogen-bond acceptors (Lipinski definition) is 3. The SMILES string of the molecule is [O-][n+]1n[c]co1. The number of rotatable bonds is 0. The zero-order chi connectivity index (χ0) is 4.41. The summed E-state index contributed by atoms with van der Waals surface area (Å²) in [7, 11) is 0. The summed E-state index contributed by atoms with van der Waals surface area (Å²) in [5.74, 6) is 0. The van der Waals surface area contributed by atoms with Crippen molar-refractivity contribution >= 4 is 0 Å². The molecule has 0 N–H and O–H groups in total. The Labute approximate surface area is 33.5 Å². The van der Waals surface area contributed by atoms with Gasteiger partial charge in [-0.05, 0) is 0 Å². The maximum atomic E-state index is 9.68. The molecule has 0 aliphatic heterocycles. The predicted molar refractivity (Wildman–Crippen MR) is 14.3 cm³/mol. The molecule has 0 amide bonds. The van der Waals surface area contributed by atoms with Crippen molar-refractivity contribution < 1.29 is 9.54 Å². The fraction of sp³-hybridized carbons (Fsp3) is 0. The van der Waals surface area contributed by atoms with Crippen LogP contribution in [0.3, 0.4) is 0 Å². The third-order valence-electron chi connectivity index (χ3n) is 0.335. The van der Waals surface area contributed by atoms with E-state index in [4.69, 9.17) is 0 Å². The fourth-order valence-corrected chi connectivity index (χ4v) is 0.163. The van der Waals surface area contributed by atoms with Gasteiger partial charge >= 0.3 is 0 Å². The molecule has 0 unspecified atom stereocenters. The molecule has 31 valence electrons. The van der Waals surface area contributed by atoms with E-state index in [0.29, 0.717) is 0 Å². The fourth-order valence-electron chi connectivity index (χ4n) is 0.163. The maximum absolute atomic E-state index is 9.68. The van der Waals surface area contributed by atoms with E-state index in [9.17, 15) is 5.21 Å². The molecule has 0 aliphatic rings. The average molecular weight is 85.0 g/mol. The highest BCUT2D eigenvalue weighted by Crippen LogP contribution is 1.61. The summed E-state index contributed by atoms with van der Waals surface area (Å²) < 4.78 is 4.03. The van der Waals surface area contributed by atoms with Gasteiger partial charge in [-0.25, -0.2) is 5.21 Å². The van der Waals surface area contributed by atoms with Crippen molar-refractivity contribution in [2.75, 3.05) is 0 Å². The lowest BCUT2D eigenvalue weighted by atomic mass is 11.0. The highest BCUT2D eigenvalue weighted by molar-refractivity contribution is 4.41. The molecule has 1 radical (unpaired) electrons. The molecule has 0 saturated carbocycles. The van der Waals surface area contributed by atoms with Gasteiger partial charge in [0.05, 0.1) is 11.4 Å². The predicted octanol–water partition coefficient (Wildman–Crippen LogP) is -0.892. The smallest absolute Gasteiger partial charge is 0.182 e. The third kappa shape index (κ3) is 0.314. The summed E-state index contributed by atoms with van der Waals surface area (Å²) in [5.41, 5.74) is 0. The lowest BCUT2D eigenvalue weighted by Crippen LogP contribution is -2.25. The highest BCUT2D eigenvalue weighted by Gasteiger charge is 1.82. The van der Waals surface area contributed by atoms with Crippen molar-refractivity contribution in [2.24, 2.45) is 0 Å². The lowest BCUT2D eigenvalue weighted by molar-refractivity contribution is -0.840. The normalized spacial score (nSPS) is 8.67. The monoisotopic (exact) mass is 85.0 g/mol. The van der Waals surface area contributed by atoms with Gasteiger partial charge in [-0.3, -0.25) is 0 Å². The van der Waals surface area contributed by atoms with Crippen LogP contribution < -0.4 is 5.02 Å². The second-order valence-electron chi connectivity index (χ2n) is 0.690. The Bertz CT molecular complexity index is 113. The van der Waals surface area contributed by atoms with Gasteiger partial charge in [-0.15, -0.1) is 0 Å². The topological polar surface area (TPSA) is 53.0 Å². The summed E-state index contributed by atoms with van der Waals surface area (Å²) in [4.78, 5) is 0. The van der Waals surface area contributed by atoms with E-state index in [2.05, 4.69) is 15.8 Å². The van der Waals surface area contributed by atoms with Gasteiger partial charge in [0.15, 0.2) is 11.2 Å². The molecule has 1 aromatic rings. The first-order valence-corrected chi connectivity index (χ1v) is 1.31. The van der Waals surface area contributed by atoms with Gasteiger partial charge in [0.25, 0.3) is 0 Å². The Kier molecular flexibility index (Phi) is 0.506.